The van der Waals surface area contributed by atoms with E-state index in [2.05, 4.69) is 0 Å². The fourth-order valence-corrected chi connectivity index (χ4v) is 1.10. The van der Waals surface area contributed by atoms with Crippen molar-refractivity contribution < 1.29 is 62.9 Å². The number of aliphatic hydroxyl groups is 2. The first kappa shape index (κ1) is 21.1. The lowest BCUT2D eigenvalue weighted by molar-refractivity contribution is -0.424. The zero-order valence-corrected chi connectivity index (χ0v) is 9.74. The highest BCUT2D eigenvalue weighted by atomic mass is 19.4. The van der Waals surface area contributed by atoms with Crippen LogP contribution in [-0.4, -0.2) is 59.0 Å². The smallest absolute Gasteiger partial charge is 0.387 e. The first-order chi connectivity index (χ1) is 9.43. The molecule has 3 unspecified atom stereocenters. The molecule has 0 aliphatic carbocycles. The van der Waals surface area contributed by atoms with Crippen LogP contribution < -0.4 is 0 Å². The predicted octanol–water partition coefficient (Wildman–Crippen LogP) is 2.78. The van der Waals surface area contributed by atoms with Crippen molar-refractivity contribution >= 4 is 0 Å². The van der Waals surface area contributed by atoms with Crippen molar-refractivity contribution in [3.05, 3.63) is 0 Å². The van der Waals surface area contributed by atoms with Crippen LogP contribution in [-0.2, 0) is 0 Å². The molecule has 0 amide bonds. The highest BCUT2D eigenvalue weighted by molar-refractivity contribution is 5.05. The first-order valence-electron chi connectivity index (χ1n) is 4.91. The Balaban J connectivity index is 5.71. The maximum atomic E-state index is 12.9. The molecule has 2 N–H and O–H groups in total. The zero-order chi connectivity index (χ0) is 18.3. The molecular formula is C8H6F12O2. The molecular weight excluding hydrogens is 356 g/mol. The Kier molecular flexibility index (Phi) is 5.69. The topological polar surface area (TPSA) is 40.5 Å². The minimum atomic E-state index is -7.36. The van der Waals surface area contributed by atoms with Gasteiger partial charge in [0.2, 0.25) is 0 Å². The van der Waals surface area contributed by atoms with Gasteiger partial charge in [-0.15, -0.1) is 0 Å². The van der Waals surface area contributed by atoms with Crippen molar-refractivity contribution in [1.82, 2.24) is 0 Å². The number of rotatable bonds is 7. The Morgan fingerprint density at radius 1 is 0.682 bits per heavy atom. The van der Waals surface area contributed by atoms with E-state index in [0.29, 0.717) is 0 Å². The fraction of sp³-hybridized carbons (Fsp3) is 1.00. The molecule has 0 aliphatic rings. The molecule has 0 radical (unpaired) electrons. The van der Waals surface area contributed by atoms with Gasteiger partial charge in [-0.1, -0.05) is 0 Å². The van der Waals surface area contributed by atoms with Gasteiger partial charge in [-0.25, -0.2) is 17.6 Å². The molecule has 0 heterocycles. The first-order valence-corrected chi connectivity index (χ1v) is 4.91. The Morgan fingerprint density at radius 3 is 1.32 bits per heavy atom. The van der Waals surface area contributed by atoms with Crippen molar-refractivity contribution in [1.29, 1.82) is 0 Å². The van der Waals surface area contributed by atoms with Gasteiger partial charge in [0.25, 0.3) is 6.43 Å². The molecule has 0 bridgehead atoms. The van der Waals surface area contributed by atoms with Crippen molar-refractivity contribution in [2.45, 2.75) is 48.7 Å². The van der Waals surface area contributed by atoms with Gasteiger partial charge in [0.1, 0.15) is 6.10 Å². The summed E-state index contributed by atoms with van der Waals surface area (Å²) in [6.07, 6.45) is -24.7. The maximum absolute atomic E-state index is 12.9. The molecule has 0 saturated carbocycles. The van der Waals surface area contributed by atoms with E-state index in [4.69, 9.17) is 10.2 Å². The second-order valence-electron chi connectivity index (χ2n) is 3.98. The van der Waals surface area contributed by atoms with Gasteiger partial charge in [0, 0.05) is 0 Å². The quantitative estimate of drug-likeness (QED) is 0.684. The van der Waals surface area contributed by atoms with E-state index >= 15 is 0 Å². The van der Waals surface area contributed by atoms with Gasteiger partial charge in [-0.3, -0.25) is 0 Å². The molecule has 0 fully saturated rings. The average molecular weight is 362 g/mol. The lowest BCUT2D eigenvalue weighted by Crippen LogP contribution is -2.66. The van der Waals surface area contributed by atoms with E-state index < -0.39 is 48.7 Å². The monoisotopic (exact) mass is 362 g/mol. The second kappa shape index (κ2) is 5.94. The minimum Gasteiger partial charge on any atom is -0.387 e. The van der Waals surface area contributed by atoms with Crippen LogP contribution in [0.3, 0.4) is 0 Å². The number of aliphatic hydroxyl groups excluding tert-OH is 1. The molecule has 14 heteroatoms. The van der Waals surface area contributed by atoms with E-state index in [1.807, 2.05) is 0 Å². The summed E-state index contributed by atoms with van der Waals surface area (Å²) in [6.45, 7) is 0. The summed E-state index contributed by atoms with van der Waals surface area (Å²) >= 11 is 0. The molecule has 0 spiro atoms. The fourth-order valence-electron chi connectivity index (χ4n) is 1.10. The van der Waals surface area contributed by atoms with Crippen molar-refractivity contribution in [3.63, 3.8) is 0 Å². The Bertz CT molecular complexity index is 378. The standard InChI is InChI=1S/C8H6F12O2/c9-1(4(11)12)2(21)3(10)5(13,14)6(15,16)7(17,18)8(19,20)22/h1-4,21-22H. The number of hydrogen-bond acceptors (Lipinski definition) is 2. The van der Waals surface area contributed by atoms with E-state index in [1.165, 1.54) is 0 Å². The highest BCUT2D eigenvalue weighted by Gasteiger charge is 2.83. The van der Waals surface area contributed by atoms with Gasteiger partial charge in [0.15, 0.2) is 12.3 Å². The van der Waals surface area contributed by atoms with Crippen molar-refractivity contribution in [2.24, 2.45) is 0 Å². The minimum absolute atomic E-state index is 4.19. The van der Waals surface area contributed by atoms with Gasteiger partial charge < -0.3 is 10.2 Å². The molecule has 0 rings (SSSR count). The normalized spacial score (nSPS) is 19.2. The summed E-state index contributed by atoms with van der Waals surface area (Å²) in [6, 6.07) is 0. The molecule has 134 valence electrons. The molecule has 0 saturated heterocycles. The molecule has 22 heavy (non-hydrogen) atoms. The van der Waals surface area contributed by atoms with Gasteiger partial charge >= 0.3 is 23.9 Å². The largest absolute Gasteiger partial charge is 0.423 e. The third-order valence-corrected chi connectivity index (χ3v) is 2.40. The molecule has 0 aliphatic heterocycles. The third kappa shape index (κ3) is 3.21. The third-order valence-electron chi connectivity index (χ3n) is 2.40. The predicted molar refractivity (Wildman–Crippen MR) is 43.8 cm³/mol. The number of hydrogen-bond donors (Lipinski definition) is 2. The summed E-state index contributed by atoms with van der Waals surface area (Å²) in [7, 11) is 0. The summed E-state index contributed by atoms with van der Waals surface area (Å²) in [4.78, 5) is 0. The van der Waals surface area contributed by atoms with Crippen LogP contribution in [0.25, 0.3) is 0 Å². The Morgan fingerprint density at radius 2 is 1.05 bits per heavy atom. The van der Waals surface area contributed by atoms with Gasteiger partial charge in [-0.2, -0.15) is 35.1 Å². The van der Waals surface area contributed by atoms with Crippen LogP contribution in [0.2, 0.25) is 0 Å². The molecule has 0 aromatic heterocycles. The Hall–Kier alpha value is -0.920. The lowest BCUT2D eigenvalue weighted by atomic mass is 9.94. The summed E-state index contributed by atoms with van der Waals surface area (Å²) in [5.41, 5.74) is 0. The van der Waals surface area contributed by atoms with Crippen molar-refractivity contribution in [3.8, 4) is 0 Å². The summed E-state index contributed by atoms with van der Waals surface area (Å²) in [5, 5.41) is 15.9. The van der Waals surface area contributed by atoms with Crippen LogP contribution in [0.1, 0.15) is 0 Å². The Labute approximate surface area is 113 Å². The van der Waals surface area contributed by atoms with Crippen molar-refractivity contribution in [2.75, 3.05) is 0 Å². The summed E-state index contributed by atoms with van der Waals surface area (Å²) < 4.78 is 149. The van der Waals surface area contributed by atoms with E-state index in [-0.39, 0.29) is 0 Å². The van der Waals surface area contributed by atoms with Crippen LogP contribution in [0.5, 0.6) is 0 Å². The average Bonchev–Trinajstić information content (AvgIpc) is 2.33. The molecule has 3 atom stereocenters. The van der Waals surface area contributed by atoms with Gasteiger partial charge in [0.05, 0.1) is 0 Å². The molecule has 2 nitrogen and oxygen atoms in total. The lowest BCUT2D eigenvalue weighted by Gasteiger charge is -2.37. The highest BCUT2D eigenvalue weighted by Crippen LogP contribution is 2.53. The number of halogens is 12. The summed E-state index contributed by atoms with van der Waals surface area (Å²) in [5.74, 6) is -21.5. The number of alkyl halides is 12. The molecule has 0 aromatic carbocycles. The zero-order valence-electron chi connectivity index (χ0n) is 9.74. The van der Waals surface area contributed by atoms with Gasteiger partial charge in [-0.05, 0) is 0 Å². The van der Waals surface area contributed by atoms with E-state index in [9.17, 15) is 52.7 Å². The maximum Gasteiger partial charge on any atom is 0.423 e. The van der Waals surface area contributed by atoms with Crippen LogP contribution in [0.4, 0.5) is 52.7 Å². The van der Waals surface area contributed by atoms with E-state index in [1.54, 1.807) is 0 Å². The van der Waals surface area contributed by atoms with Crippen LogP contribution in [0, 0.1) is 0 Å². The second-order valence-corrected chi connectivity index (χ2v) is 3.98. The SMILES string of the molecule is OC(C(F)C(F)F)C(F)C(F)(F)C(F)(F)C(F)(F)C(O)(F)F. The van der Waals surface area contributed by atoms with Crippen LogP contribution in [0.15, 0.2) is 0 Å². The van der Waals surface area contributed by atoms with Crippen LogP contribution >= 0.6 is 0 Å². The van der Waals surface area contributed by atoms with E-state index in [0.717, 1.165) is 0 Å². The molecule has 0 aromatic rings.